The Labute approximate surface area is 147 Å². The molecule has 0 saturated heterocycles. The molecule has 5 nitrogen and oxygen atoms in total. The predicted molar refractivity (Wildman–Crippen MR) is 91.2 cm³/mol. The smallest absolute Gasteiger partial charge is 0.382 e. The number of benzene rings is 1. The lowest BCUT2D eigenvalue weighted by Crippen LogP contribution is -2.38. The van der Waals surface area contributed by atoms with Gasteiger partial charge < -0.3 is 15.6 Å². The molecule has 1 aromatic carbocycles. The summed E-state index contributed by atoms with van der Waals surface area (Å²) < 4.78 is 37.9. The van der Waals surface area contributed by atoms with Crippen molar-refractivity contribution in [1.82, 2.24) is 10.3 Å². The number of hydrogen-bond donors (Lipinski definition) is 3. The number of carbonyl (C=O) groups is 1. The third-order valence-electron chi connectivity index (χ3n) is 4.34. The van der Waals surface area contributed by atoms with Crippen LogP contribution in [0.1, 0.15) is 46.6 Å². The fourth-order valence-corrected chi connectivity index (χ4v) is 3.10. The quantitative estimate of drug-likeness (QED) is 0.764. The number of hydrogen-bond acceptors (Lipinski definition) is 3. The summed E-state index contributed by atoms with van der Waals surface area (Å²) >= 11 is 0. The molecule has 1 aliphatic rings. The molecule has 0 bridgehead atoms. The van der Waals surface area contributed by atoms with Crippen LogP contribution in [0.3, 0.4) is 0 Å². The second kappa shape index (κ2) is 6.51. The van der Waals surface area contributed by atoms with E-state index in [0.717, 1.165) is 22.9 Å². The van der Waals surface area contributed by atoms with Crippen LogP contribution in [0.4, 0.5) is 18.9 Å². The third kappa shape index (κ3) is 3.58. The summed E-state index contributed by atoms with van der Waals surface area (Å²) in [5.74, 6) is -0.702. The zero-order chi connectivity index (χ0) is 19.1. The average Bonchev–Trinajstić information content (AvgIpc) is 2.54. The van der Waals surface area contributed by atoms with Crippen molar-refractivity contribution < 1.29 is 18.0 Å². The van der Waals surface area contributed by atoms with Crippen LogP contribution >= 0.6 is 0 Å². The van der Waals surface area contributed by atoms with E-state index in [2.05, 4.69) is 10.6 Å². The monoisotopic (exact) mass is 365 g/mol. The average molecular weight is 365 g/mol. The van der Waals surface area contributed by atoms with Crippen LogP contribution < -0.4 is 16.2 Å². The minimum absolute atomic E-state index is 0.0985. The molecular weight excluding hydrogens is 347 g/mol. The second-order valence-electron chi connectivity index (χ2n) is 6.51. The van der Waals surface area contributed by atoms with Gasteiger partial charge in [-0.25, -0.2) is 0 Å². The topological polar surface area (TPSA) is 74.0 Å². The number of aromatic nitrogens is 1. The van der Waals surface area contributed by atoms with Gasteiger partial charge in [-0.15, -0.1) is 0 Å². The van der Waals surface area contributed by atoms with E-state index in [-0.39, 0.29) is 17.6 Å². The van der Waals surface area contributed by atoms with Crippen molar-refractivity contribution in [2.75, 3.05) is 5.32 Å². The zero-order valence-electron chi connectivity index (χ0n) is 14.2. The summed E-state index contributed by atoms with van der Waals surface area (Å²) in [5.41, 5.74) is 0.199. The molecule has 8 heteroatoms. The normalized spacial score (nSPS) is 19.4. The third-order valence-corrected chi connectivity index (χ3v) is 4.34. The van der Waals surface area contributed by atoms with Crippen molar-refractivity contribution >= 4 is 11.6 Å². The van der Waals surface area contributed by atoms with E-state index in [0.29, 0.717) is 12.5 Å². The van der Waals surface area contributed by atoms with Crippen LogP contribution in [0.5, 0.6) is 0 Å². The van der Waals surface area contributed by atoms with Gasteiger partial charge in [0.25, 0.3) is 11.5 Å². The molecular formula is C18H18F3N3O2. The van der Waals surface area contributed by atoms with Crippen molar-refractivity contribution in [3.8, 4) is 0 Å². The van der Waals surface area contributed by atoms with Gasteiger partial charge in [0, 0.05) is 11.7 Å². The minimum atomic E-state index is -4.67. The van der Waals surface area contributed by atoms with Crippen molar-refractivity contribution in [2.45, 2.75) is 38.5 Å². The molecule has 1 amide bonds. The zero-order valence-corrected chi connectivity index (χ0v) is 14.2. The SMILES string of the molecule is Cc1ccc2c(c1)C(NC(=O)c1ccc(C(F)(F)F)[nH]c1=O)C[C@H](C)N2. The summed E-state index contributed by atoms with van der Waals surface area (Å²) in [5, 5.41) is 6.09. The highest BCUT2D eigenvalue weighted by atomic mass is 19.4. The number of aryl methyl sites for hydroxylation is 1. The summed E-state index contributed by atoms with van der Waals surface area (Å²) in [4.78, 5) is 26.1. The number of anilines is 1. The molecule has 2 heterocycles. The molecule has 26 heavy (non-hydrogen) atoms. The van der Waals surface area contributed by atoms with Gasteiger partial charge in [-0.2, -0.15) is 13.2 Å². The molecule has 0 aliphatic carbocycles. The molecule has 1 aromatic heterocycles. The Hall–Kier alpha value is -2.77. The summed E-state index contributed by atoms with van der Waals surface area (Å²) in [6.07, 6.45) is -4.07. The van der Waals surface area contributed by atoms with Gasteiger partial charge in [-0.05, 0) is 44.0 Å². The summed E-state index contributed by atoms with van der Waals surface area (Å²) in [6.45, 7) is 3.89. The number of nitrogens with one attached hydrogen (secondary N) is 3. The van der Waals surface area contributed by atoms with E-state index in [1.54, 1.807) is 4.98 Å². The maximum Gasteiger partial charge on any atom is 0.431 e. The van der Waals surface area contributed by atoms with Crippen LogP contribution in [0.25, 0.3) is 0 Å². The number of halogens is 3. The van der Waals surface area contributed by atoms with E-state index in [4.69, 9.17) is 0 Å². The predicted octanol–water partition coefficient (Wildman–Crippen LogP) is 3.38. The summed E-state index contributed by atoms with van der Waals surface area (Å²) in [6, 6.07) is 7.17. The lowest BCUT2D eigenvalue weighted by molar-refractivity contribution is -0.141. The van der Waals surface area contributed by atoms with E-state index in [1.807, 2.05) is 32.0 Å². The molecule has 0 radical (unpaired) electrons. The Balaban J connectivity index is 1.87. The lowest BCUT2D eigenvalue weighted by Gasteiger charge is -2.32. The number of aromatic amines is 1. The van der Waals surface area contributed by atoms with Crippen molar-refractivity contribution in [3.63, 3.8) is 0 Å². The first-order chi connectivity index (χ1) is 12.1. The number of fused-ring (bicyclic) bond motifs is 1. The summed E-state index contributed by atoms with van der Waals surface area (Å²) in [7, 11) is 0. The van der Waals surface area contributed by atoms with Gasteiger partial charge in [0.1, 0.15) is 11.3 Å². The largest absolute Gasteiger partial charge is 0.431 e. The van der Waals surface area contributed by atoms with Gasteiger partial charge in [0.15, 0.2) is 0 Å². The Kier molecular flexibility index (Phi) is 4.52. The Morgan fingerprint density at radius 2 is 1.96 bits per heavy atom. The standard InChI is InChI=1S/C18H18F3N3O2/c1-9-3-5-13-12(7-9)14(8-10(2)22-13)23-16(25)11-4-6-15(18(19,20)21)24-17(11)26/h3-7,10,14,22H,8H2,1-2H3,(H,23,25)(H,24,26)/t10-,14?/m0/s1. The highest BCUT2D eigenvalue weighted by molar-refractivity contribution is 5.94. The number of pyridine rings is 1. The van der Waals surface area contributed by atoms with Gasteiger partial charge >= 0.3 is 6.18 Å². The highest BCUT2D eigenvalue weighted by Crippen LogP contribution is 2.33. The number of rotatable bonds is 2. The van der Waals surface area contributed by atoms with Crippen molar-refractivity contribution in [1.29, 1.82) is 0 Å². The van der Waals surface area contributed by atoms with E-state index >= 15 is 0 Å². The number of amides is 1. The molecule has 138 valence electrons. The van der Waals surface area contributed by atoms with Gasteiger partial charge in [-0.3, -0.25) is 9.59 Å². The fraction of sp³-hybridized carbons (Fsp3) is 0.333. The highest BCUT2D eigenvalue weighted by Gasteiger charge is 2.33. The molecule has 0 fully saturated rings. The first kappa shape index (κ1) is 18.0. The molecule has 1 unspecified atom stereocenters. The van der Waals surface area contributed by atoms with E-state index in [1.165, 1.54) is 0 Å². The molecule has 0 spiro atoms. The molecule has 3 N–H and O–H groups in total. The number of carbonyl (C=O) groups excluding carboxylic acids is 1. The van der Waals surface area contributed by atoms with Crippen LogP contribution in [0.2, 0.25) is 0 Å². The number of alkyl halides is 3. The van der Waals surface area contributed by atoms with Crippen molar-refractivity contribution in [2.24, 2.45) is 0 Å². The van der Waals surface area contributed by atoms with E-state index < -0.39 is 23.3 Å². The molecule has 2 atom stereocenters. The Bertz CT molecular complexity index is 905. The molecule has 3 rings (SSSR count). The van der Waals surface area contributed by atoms with Crippen LogP contribution in [-0.2, 0) is 6.18 Å². The first-order valence-corrected chi connectivity index (χ1v) is 8.13. The second-order valence-corrected chi connectivity index (χ2v) is 6.51. The van der Waals surface area contributed by atoms with E-state index in [9.17, 15) is 22.8 Å². The van der Waals surface area contributed by atoms with Crippen LogP contribution in [0.15, 0.2) is 35.1 Å². The number of H-pyrrole nitrogens is 1. The minimum Gasteiger partial charge on any atom is -0.382 e. The van der Waals surface area contributed by atoms with Gasteiger partial charge in [0.05, 0.1) is 6.04 Å². The molecule has 0 saturated carbocycles. The van der Waals surface area contributed by atoms with Crippen LogP contribution in [0, 0.1) is 6.92 Å². The fourth-order valence-electron chi connectivity index (χ4n) is 3.10. The molecule has 1 aliphatic heterocycles. The maximum absolute atomic E-state index is 12.6. The first-order valence-electron chi connectivity index (χ1n) is 8.13. The lowest BCUT2D eigenvalue weighted by atomic mass is 9.92. The Morgan fingerprint density at radius 1 is 1.23 bits per heavy atom. The molecule has 2 aromatic rings. The van der Waals surface area contributed by atoms with Gasteiger partial charge in [0.2, 0.25) is 0 Å². The maximum atomic E-state index is 12.6. The van der Waals surface area contributed by atoms with Crippen LogP contribution in [-0.4, -0.2) is 16.9 Å². The van der Waals surface area contributed by atoms with Gasteiger partial charge in [-0.1, -0.05) is 17.7 Å². The van der Waals surface area contributed by atoms with Crippen molar-refractivity contribution in [3.05, 3.63) is 63.1 Å². The Morgan fingerprint density at radius 3 is 2.62 bits per heavy atom.